The maximum Gasteiger partial charge on any atom is 0.147 e. The molecule has 2 aromatic heterocycles. The predicted octanol–water partition coefficient (Wildman–Crippen LogP) is 20.9. The average molecular weight is 1030 g/mol. The maximum absolute atomic E-state index is 10.6. The molecule has 2 atom stereocenters. The Bertz CT molecular complexity index is 2910. The molecule has 0 saturated heterocycles. The van der Waals surface area contributed by atoms with Gasteiger partial charge in [-0.25, -0.2) is 0 Å². The summed E-state index contributed by atoms with van der Waals surface area (Å²) in [5, 5.41) is 54.7. The first-order valence-corrected chi connectivity index (χ1v) is 31.8. The highest BCUT2D eigenvalue weighted by molar-refractivity contribution is 7.20. The molecule has 4 nitrogen and oxygen atoms in total. The lowest BCUT2D eigenvalue weighted by atomic mass is 9.88. The van der Waals surface area contributed by atoms with Gasteiger partial charge in [-0.1, -0.05) is 270 Å². The summed E-state index contributed by atoms with van der Waals surface area (Å²) in [6, 6.07) is 23.1. The first-order chi connectivity index (χ1) is 36.5. The first kappa shape index (κ1) is 57.0. The molecule has 7 rings (SSSR count). The third-order valence-electron chi connectivity index (χ3n) is 16.9. The standard InChI is InChI=1S/C68H88N4S2/c1-5-9-13-17-21-23-27-31-37-49(35-29-25-19-15-11-7-3)43-57-61-53-39-33-41-55-59(53)63(67(61)73-65(57)51(45-69)46-70)56-42-34-40-54-60(56)64(55)68-62(54)58(66(74-68)52(47-71)48-72)44-50(36-30-26-20-16-12-8-4)38-32-28-24-22-18-14-10-6-2/h33-34,39-42,49-50H,5-32,35-38,43-44H2,1-4H3. The molecule has 5 aromatic carbocycles. The van der Waals surface area contributed by atoms with Crippen LogP contribution in [0.3, 0.4) is 0 Å². The van der Waals surface area contributed by atoms with Gasteiger partial charge in [0, 0.05) is 30.9 Å². The van der Waals surface area contributed by atoms with E-state index in [9.17, 15) is 21.0 Å². The molecule has 6 heteroatoms. The summed E-state index contributed by atoms with van der Waals surface area (Å²) in [4.78, 5) is 0. The van der Waals surface area contributed by atoms with Crippen LogP contribution in [0.25, 0.3) is 74.4 Å². The van der Waals surface area contributed by atoms with Crippen LogP contribution in [0.1, 0.15) is 244 Å². The van der Waals surface area contributed by atoms with Crippen LogP contribution in [-0.4, -0.2) is 0 Å². The highest BCUT2D eigenvalue weighted by atomic mass is 32.1. The molecule has 0 amide bonds. The summed E-state index contributed by atoms with van der Waals surface area (Å²) in [5.41, 5.74) is 2.91. The minimum atomic E-state index is 0.244. The van der Waals surface area contributed by atoms with Gasteiger partial charge in [0.25, 0.3) is 0 Å². The van der Waals surface area contributed by atoms with Crippen molar-refractivity contribution in [2.24, 2.45) is 11.8 Å². The van der Waals surface area contributed by atoms with E-state index in [0.29, 0.717) is 11.8 Å². The molecule has 0 radical (unpaired) electrons. The fourth-order valence-corrected chi connectivity index (χ4v) is 15.7. The van der Waals surface area contributed by atoms with E-state index in [1.807, 2.05) is 0 Å². The molecule has 0 spiro atoms. The Morgan fingerprint density at radius 1 is 0.351 bits per heavy atom. The van der Waals surface area contributed by atoms with E-state index in [1.54, 1.807) is 22.7 Å². The van der Waals surface area contributed by atoms with Gasteiger partial charge in [0.1, 0.15) is 35.4 Å². The maximum atomic E-state index is 10.6. The fourth-order valence-electron chi connectivity index (χ4n) is 13.0. The van der Waals surface area contributed by atoms with E-state index in [-0.39, 0.29) is 11.1 Å². The summed E-state index contributed by atoms with van der Waals surface area (Å²) in [7, 11) is 0. The molecule has 2 unspecified atom stereocenters. The third-order valence-corrected chi connectivity index (χ3v) is 19.5. The number of rotatable bonds is 36. The molecule has 392 valence electrons. The molecule has 0 bridgehead atoms. The van der Waals surface area contributed by atoms with Crippen LogP contribution in [0, 0.1) is 57.2 Å². The highest BCUT2D eigenvalue weighted by Crippen LogP contribution is 2.53. The Morgan fingerprint density at radius 2 is 0.608 bits per heavy atom. The number of hydrogen-bond donors (Lipinski definition) is 0. The Morgan fingerprint density at radius 3 is 0.878 bits per heavy atom. The van der Waals surface area contributed by atoms with E-state index in [0.717, 1.165) is 21.9 Å². The van der Waals surface area contributed by atoms with Gasteiger partial charge in [0.15, 0.2) is 0 Å². The van der Waals surface area contributed by atoms with Crippen molar-refractivity contribution < 1.29 is 0 Å². The van der Waals surface area contributed by atoms with Gasteiger partial charge in [-0.05, 0) is 68.1 Å². The first-order valence-electron chi connectivity index (χ1n) is 30.2. The fraction of sp³-hybridized carbons (Fsp3) is 0.588. The normalized spacial score (nSPS) is 12.6. The number of unbranched alkanes of at least 4 members (excludes halogenated alkanes) is 24. The van der Waals surface area contributed by atoms with Crippen LogP contribution in [0.2, 0.25) is 0 Å². The van der Waals surface area contributed by atoms with Gasteiger partial charge in [-0.3, -0.25) is 0 Å². The lowest BCUT2D eigenvalue weighted by molar-refractivity contribution is 0.401. The highest BCUT2D eigenvalue weighted by Gasteiger charge is 2.29. The zero-order valence-corrected chi connectivity index (χ0v) is 47.9. The number of nitrogens with zero attached hydrogens (tertiary/aromatic N) is 4. The molecule has 0 aliphatic rings. The Labute approximate surface area is 454 Å². The van der Waals surface area contributed by atoms with Crippen LogP contribution in [-0.2, 0) is 12.8 Å². The molecule has 0 aliphatic heterocycles. The van der Waals surface area contributed by atoms with Crippen molar-refractivity contribution in [1.29, 1.82) is 21.0 Å². The molecule has 0 saturated carbocycles. The van der Waals surface area contributed by atoms with Gasteiger partial charge < -0.3 is 0 Å². The van der Waals surface area contributed by atoms with Crippen molar-refractivity contribution in [3.05, 3.63) is 56.6 Å². The number of thiophene rings is 2. The Balaban J connectivity index is 1.34. The minimum absolute atomic E-state index is 0.244. The predicted molar refractivity (Wildman–Crippen MR) is 323 cm³/mol. The second kappa shape index (κ2) is 30.1. The number of nitriles is 4. The van der Waals surface area contributed by atoms with Crippen LogP contribution in [0.4, 0.5) is 0 Å². The zero-order valence-electron chi connectivity index (χ0n) is 46.3. The largest absolute Gasteiger partial charge is 0.192 e. The van der Waals surface area contributed by atoms with Crippen LogP contribution < -0.4 is 9.06 Å². The lowest BCUT2D eigenvalue weighted by Crippen LogP contribution is -2.13. The topological polar surface area (TPSA) is 95.2 Å². The van der Waals surface area contributed by atoms with Gasteiger partial charge in [0.2, 0.25) is 0 Å². The summed E-state index contributed by atoms with van der Waals surface area (Å²) < 4.78 is 4.18. The summed E-state index contributed by atoms with van der Waals surface area (Å²) in [5.74, 6) is 0.990. The van der Waals surface area contributed by atoms with E-state index in [2.05, 4.69) is 88.4 Å². The summed E-state index contributed by atoms with van der Waals surface area (Å²) in [6.45, 7) is 9.15. The van der Waals surface area contributed by atoms with Crippen molar-refractivity contribution in [3.8, 4) is 24.3 Å². The molecule has 7 aromatic rings. The second-order valence-corrected chi connectivity index (χ2v) is 24.5. The quantitative estimate of drug-likeness (QED) is 0.0289. The van der Waals surface area contributed by atoms with E-state index in [1.165, 1.54) is 280 Å². The van der Waals surface area contributed by atoms with Gasteiger partial charge >= 0.3 is 0 Å². The Hall–Kier alpha value is -4.72. The average Bonchev–Trinajstić information content (AvgIpc) is 4.17. The minimum Gasteiger partial charge on any atom is -0.192 e. The van der Waals surface area contributed by atoms with Crippen molar-refractivity contribution in [1.82, 2.24) is 0 Å². The monoisotopic (exact) mass is 1020 g/mol. The molecule has 0 N–H and O–H groups in total. The van der Waals surface area contributed by atoms with E-state index in [4.69, 9.17) is 0 Å². The molecule has 0 fully saturated rings. The number of fused-ring (bicyclic) bond motifs is 8. The Kier molecular flexibility index (Phi) is 23.2. The van der Waals surface area contributed by atoms with Crippen LogP contribution >= 0.6 is 22.7 Å². The number of benzene rings is 3. The molecular formula is C68H88N4S2. The van der Waals surface area contributed by atoms with Crippen molar-refractivity contribution in [2.45, 2.75) is 246 Å². The summed E-state index contributed by atoms with van der Waals surface area (Å²) >= 11 is 3.37. The van der Waals surface area contributed by atoms with Crippen molar-refractivity contribution in [2.75, 3.05) is 0 Å². The third kappa shape index (κ3) is 13.6. The smallest absolute Gasteiger partial charge is 0.147 e. The van der Waals surface area contributed by atoms with Crippen molar-refractivity contribution in [3.63, 3.8) is 0 Å². The van der Waals surface area contributed by atoms with Gasteiger partial charge in [-0.15, -0.1) is 22.7 Å². The SMILES string of the molecule is CCCCCCCCCCC(CCCCCCCC)Cc1c(=C(C#N)C#N)sc2c1c1cccc3c1c2c1cccc2c4c(CC(CCCCCCCC)CCCCCCCCCC)c(=C(C#N)C#N)sc4c3c21. The van der Waals surface area contributed by atoms with E-state index < -0.39 is 0 Å². The summed E-state index contributed by atoms with van der Waals surface area (Å²) in [6.07, 6.45) is 42.8. The van der Waals surface area contributed by atoms with Crippen LogP contribution in [0.15, 0.2) is 36.4 Å². The molecule has 2 heterocycles. The number of hydrogen-bond acceptors (Lipinski definition) is 6. The van der Waals surface area contributed by atoms with Gasteiger partial charge in [-0.2, -0.15) is 21.0 Å². The van der Waals surface area contributed by atoms with Crippen molar-refractivity contribution >= 4 is 97.1 Å². The zero-order chi connectivity index (χ0) is 52.1. The van der Waals surface area contributed by atoms with Crippen LogP contribution in [0.5, 0.6) is 0 Å². The molecular weight excluding hydrogens is 937 g/mol. The van der Waals surface area contributed by atoms with Gasteiger partial charge in [0.05, 0.1) is 9.06 Å². The second-order valence-electron chi connectivity index (χ2n) is 22.4. The molecule has 74 heavy (non-hydrogen) atoms. The molecule has 0 aliphatic carbocycles. The lowest BCUT2D eigenvalue weighted by Gasteiger charge is -2.17. The van der Waals surface area contributed by atoms with E-state index >= 15 is 0 Å².